The summed E-state index contributed by atoms with van der Waals surface area (Å²) in [5.74, 6) is -2.44. The Hall–Kier alpha value is -1.05. The van der Waals surface area contributed by atoms with Crippen LogP contribution in [0, 0.1) is 11.6 Å². The summed E-state index contributed by atoms with van der Waals surface area (Å²) in [5.41, 5.74) is 0.411. The largest absolute Gasteiger partial charge is 0.313 e. The van der Waals surface area contributed by atoms with E-state index in [1.54, 1.807) is 0 Å². The number of halogens is 2. The van der Waals surface area contributed by atoms with E-state index in [9.17, 15) is 17.2 Å². The van der Waals surface area contributed by atoms with Gasteiger partial charge in [0.05, 0.1) is 0 Å². The summed E-state index contributed by atoms with van der Waals surface area (Å²) < 4.78 is 53.2. The number of rotatable bonds is 6. The van der Waals surface area contributed by atoms with Gasteiger partial charge in [-0.25, -0.2) is 17.2 Å². The topological polar surface area (TPSA) is 49.4 Å². The molecule has 1 N–H and O–H groups in total. The molecule has 1 saturated carbocycles. The van der Waals surface area contributed by atoms with Crippen molar-refractivity contribution < 1.29 is 17.2 Å². The summed E-state index contributed by atoms with van der Waals surface area (Å²) in [4.78, 5) is -0.584. The van der Waals surface area contributed by atoms with Gasteiger partial charge in [0.1, 0.15) is 4.90 Å². The molecular formula is C13H18F2N2O2S. The molecular weight excluding hydrogens is 286 g/mol. The first-order valence-corrected chi connectivity index (χ1v) is 7.98. The zero-order valence-corrected chi connectivity index (χ0v) is 12.3. The highest BCUT2D eigenvalue weighted by Crippen LogP contribution is 2.32. The van der Waals surface area contributed by atoms with Crippen molar-refractivity contribution in [1.29, 1.82) is 0 Å². The van der Waals surface area contributed by atoms with Crippen molar-refractivity contribution in [3.8, 4) is 0 Å². The highest BCUT2D eigenvalue weighted by Gasteiger charge is 2.37. The van der Waals surface area contributed by atoms with Crippen LogP contribution in [0.2, 0.25) is 0 Å². The Labute approximate surface area is 117 Å². The fourth-order valence-corrected chi connectivity index (χ4v) is 3.50. The van der Waals surface area contributed by atoms with E-state index in [0.29, 0.717) is 18.7 Å². The van der Waals surface area contributed by atoms with Crippen molar-refractivity contribution in [2.45, 2.75) is 37.2 Å². The zero-order valence-electron chi connectivity index (χ0n) is 11.5. The molecule has 2 rings (SSSR count). The third kappa shape index (κ3) is 2.99. The van der Waals surface area contributed by atoms with Gasteiger partial charge in [0.25, 0.3) is 0 Å². The summed E-state index contributed by atoms with van der Waals surface area (Å²) in [5, 5.41) is 2.96. The smallest absolute Gasteiger partial charge is 0.246 e. The zero-order chi connectivity index (χ0) is 14.9. The molecule has 0 heterocycles. The molecule has 0 spiro atoms. The van der Waals surface area contributed by atoms with Crippen LogP contribution in [0.3, 0.4) is 0 Å². The number of hydrogen-bond donors (Lipinski definition) is 1. The Kier molecular flexibility index (Phi) is 4.41. The molecule has 112 valence electrons. The summed E-state index contributed by atoms with van der Waals surface area (Å²) in [7, 11) is -2.58. The van der Waals surface area contributed by atoms with Crippen LogP contribution in [0.5, 0.6) is 0 Å². The molecule has 1 aromatic carbocycles. The summed E-state index contributed by atoms with van der Waals surface area (Å²) in [6, 6.07) is 2.13. The minimum absolute atomic E-state index is 0.0973. The van der Waals surface area contributed by atoms with Crippen molar-refractivity contribution >= 4 is 10.0 Å². The number of benzene rings is 1. The van der Waals surface area contributed by atoms with Gasteiger partial charge in [0, 0.05) is 19.6 Å². The maximum absolute atomic E-state index is 13.8. The number of nitrogens with one attached hydrogen (secondary N) is 1. The van der Waals surface area contributed by atoms with E-state index in [2.05, 4.69) is 5.32 Å². The van der Waals surface area contributed by atoms with Crippen LogP contribution < -0.4 is 5.32 Å². The van der Waals surface area contributed by atoms with Gasteiger partial charge in [-0.05, 0) is 37.1 Å². The predicted octanol–water partition coefficient (Wildman–Crippen LogP) is 1.86. The fraction of sp³-hybridized carbons (Fsp3) is 0.538. The molecule has 0 bridgehead atoms. The van der Waals surface area contributed by atoms with Gasteiger partial charge in [0.2, 0.25) is 10.0 Å². The van der Waals surface area contributed by atoms with Gasteiger partial charge < -0.3 is 5.32 Å². The Morgan fingerprint density at radius 2 is 2.00 bits per heavy atom. The van der Waals surface area contributed by atoms with Crippen molar-refractivity contribution in [2.24, 2.45) is 0 Å². The molecule has 7 heteroatoms. The van der Waals surface area contributed by atoms with Crippen LogP contribution in [-0.4, -0.2) is 32.4 Å². The maximum Gasteiger partial charge on any atom is 0.246 e. The standard InChI is InChI=1S/C13H18F2N2O2S/c1-3-16-8-9-6-11(14)13(15)12(7-9)20(18,19)17(2)10-4-5-10/h6-7,10,16H,3-5,8H2,1-2H3. The average Bonchev–Trinajstić information content (AvgIpc) is 3.23. The van der Waals surface area contributed by atoms with Crippen molar-refractivity contribution in [2.75, 3.05) is 13.6 Å². The van der Waals surface area contributed by atoms with E-state index in [1.807, 2.05) is 6.92 Å². The first kappa shape index (κ1) is 15.3. The van der Waals surface area contributed by atoms with Crippen LogP contribution >= 0.6 is 0 Å². The Morgan fingerprint density at radius 1 is 1.35 bits per heavy atom. The van der Waals surface area contributed by atoms with Crippen molar-refractivity contribution in [3.05, 3.63) is 29.3 Å². The van der Waals surface area contributed by atoms with Crippen molar-refractivity contribution in [3.63, 3.8) is 0 Å². The molecule has 0 aliphatic heterocycles. The van der Waals surface area contributed by atoms with E-state index in [1.165, 1.54) is 13.1 Å². The molecule has 0 saturated heterocycles. The third-order valence-corrected chi connectivity index (χ3v) is 5.26. The van der Waals surface area contributed by atoms with E-state index in [-0.39, 0.29) is 6.04 Å². The molecule has 0 amide bonds. The first-order chi connectivity index (χ1) is 9.37. The lowest BCUT2D eigenvalue weighted by atomic mass is 10.2. The number of sulfonamides is 1. The van der Waals surface area contributed by atoms with E-state index >= 15 is 0 Å². The lowest BCUT2D eigenvalue weighted by Gasteiger charge is -2.17. The average molecular weight is 304 g/mol. The second kappa shape index (κ2) is 5.75. The van der Waals surface area contributed by atoms with Crippen LogP contribution in [0.4, 0.5) is 8.78 Å². The van der Waals surface area contributed by atoms with Gasteiger partial charge in [0.15, 0.2) is 11.6 Å². The second-order valence-corrected chi connectivity index (χ2v) is 6.89. The number of nitrogens with zero attached hydrogens (tertiary/aromatic N) is 1. The lowest BCUT2D eigenvalue weighted by Crippen LogP contribution is -2.30. The predicted molar refractivity (Wildman–Crippen MR) is 71.7 cm³/mol. The molecule has 1 aliphatic rings. The van der Waals surface area contributed by atoms with Crippen LogP contribution in [0.15, 0.2) is 17.0 Å². The monoisotopic (exact) mass is 304 g/mol. The Bertz CT molecular complexity index is 601. The SMILES string of the molecule is CCNCc1cc(F)c(F)c(S(=O)(=O)N(C)C2CC2)c1. The number of hydrogen-bond acceptors (Lipinski definition) is 3. The van der Waals surface area contributed by atoms with Crippen LogP contribution in [0.25, 0.3) is 0 Å². The minimum atomic E-state index is -3.99. The van der Waals surface area contributed by atoms with Crippen molar-refractivity contribution in [1.82, 2.24) is 9.62 Å². The molecule has 4 nitrogen and oxygen atoms in total. The summed E-state index contributed by atoms with van der Waals surface area (Å²) in [6.45, 7) is 2.82. The molecule has 1 fully saturated rings. The normalized spacial score (nSPS) is 15.8. The highest BCUT2D eigenvalue weighted by molar-refractivity contribution is 7.89. The van der Waals surface area contributed by atoms with E-state index in [0.717, 1.165) is 23.2 Å². The van der Waals surface area contributed by atoms with Gasteiger partial charge in [-0.1, -0.05) is 6.92 Å². The first-order valence-electron chi connectivity index (χ1n) is 6.54. The Balaban J connectivity index is 2.41. The highest BCUT2D eigenvalue weighted by atomic mass is 32.2. The molecule has 1 aromatic rings. The minimum Gasteiger partial charge on any atom is -0.313 e. The second-order valence-electron chi connectivity index (χ2n) is 4.92. The van der Waals surface area contributed by atoms with Gasteiger partial charge in [-0.3, -0.25) is 0 Å². The maximum atomic E-state index is 13.8. The summed E-state index contributed by atoms with van der Waals surface area (Å²) in [6.07, 6.45) is 1.52. The molecule has 0 atom stereocenters. The summed E-state index contributed by atoms with van der Waals surface area (Å²) >= 11 is 0. The van der Waals surface area contributed by atoms with Gasteiger partial charge in [-0.2, -0.15) is 4.31 Å². The van der Waals surface area contributed by atoms with Crippen LogP contribution in [0.1, 0.15) is 25.3 Å². The molecule has 0 radical (unpaired) electrons. The molecule has 0 unspecified atom stereocenters. The Morgan fingerprint density at radius 3 is 2.55 bits per heavy atom. The van der Waals surface area contributed by atoms with Crippen LogP contribution in [-0.2, 0) is 16.6 Å². The third-order valence-electron chi connectivity index (χ3n) is 3.35. The quantitative estimate of drug-likeness (QED) is 0.872. The van der Waals surface area contributed by atoms with Gasteiger partial charge in [-0.15, -0.1) is 0 Å². The fourth-order valence-electron chi connectivity index (χ4n) is 1.97. The van der Waals surface area contributed by atoms with Gasteiger partial charge >= 0.3 is 0 Å². The molecule has 1 aliphatic carbocycles. The van der Waals surface area contributed by atoms with E-state index in [4.69, 9.17) is 0 Å². The van der Waals surface area contributed by atoms with E-state index < -0.39 is 26.6 Å². The molecule has 0 aromatic heterocycles. The lowest BCUT2D eigenvalue weighted by molar-refractivity contribution is 0.444. The molecule has 20 heavy (non-hydrogen) atoms.